The second-order valence-electron chi connectivity index (χ2n) is 8.08. The van der Waals surface area contributed by atoms with E-state index in [1.54, 1.807) is 18.0 Å². The molecule has 7 nitrogen and oxygen atoms in total. The van der Waals surface area contributed by atoms with Crippen LogP contribution in [-0.2, 0) is 22.3 Å². The molecule has 1 unspecified atom stereocenters. The zero-order valence-electron chi connectivity index (χ0n) is 17.0. The number of alkyl halides is 3. The Bertz CT molecular complexity index is 967. The van der Waals surface area contributed by atoms with Crippen LogP contribution in [0.1, 0.15) is 28.4 Å². The molecular weight excluding hydrogens is 413 g/mol. The van der Waals surface area contributed by atoms with Gasteiger partial charge in [-0.3, -0.25) is 14.3 Å². The van der Waals surface area contributed by atoms with Crippen molar-refractivity contribution < 1.29 is 27.5 Å². The van der Waals surface area contributed by atoms with Crippen molar-refractivity contribution in [2.24, 2.45) is 11.3 Å². The second kappa shape index (κ2) is 7.99. The van der Waals surface area contributed by atoms with Crippen LogP contribution in [0.2, 0.25) is 0 Å². The highest BCUT2D eigenvalue weighted by atomic mass is 19.4. The first-order valence-electron chi connectivity index (χ1n) is 10.1. The summed E-state index contributed by atoms with van der Waals surface area (Å²) in [6, 6.07) is 4.83. The van der Waals surface area contributed by atoms with E-state index in [-0.39, 0.29) is 29.8 Å². The fraction of sp³-hybridized carbons (Fsp3) is 0.476. The van der Waals surface area contributed by atoms with Gasteiger partial charge in [0.2, 0.25) is 0 Å². The third kappa shape index (κ3) is 4.16. The molecule has 1 N–H and O–H groups in total. The number of esters is 1. The van der Waals surface area contributed by atoms with E-state index in [9.17, 15) is 22.8 Å². The van der Waals surface area contributed by atoms with Crippen LogP contribution in [0.15, 0.2) is 36.7 Å². The van der Waals surface area contributed by atoms with Gasteiger partial charge in [0.15, 0.2) is 0 Å². The van der Waals surface area contributed by atoms with Gasteiger partial charge in [0, 0.05) is 37.8 Å². The number of benzene rings is 1. The van der Waals surface area contributed by atoms with Crippen LogP contribution in [0, 0.1) is 11.3 Å². The average molecular weight is 436 g/mol. The fourth-order valence-electron chi connectivity index (χ4n) is 4.22. The van der Waals surface area contributed by atoms with Crippen molar-refractivity contribution in [1.29, 1.82) is 0 Å². The number of nitrogens with zero attached hydrogens (tertiary/aromatic N) is 3. The third-order valence-electron chi connectivity index (χ3n) is 5.97. The first kappa shape index (κ1) is 21.4. The largest absolute Gasteiger partial charge is 0.466 e. The Morgan fingerprint density at radius 1 is 1.26 bits per heavy atom. The molecule has 1 atom stereocenters. The van der Waals surface area contributed by atoms with E-state index in [1.807, 2.05) is 0 Å². The number of carbonyl (C=O) groups excluding carboxylic acids is 2. The van der Waals surface area contributed by atoms with Crippen LogP contribution in [0.4, 0.5) is 13.2 Å². The molecule has 1 spiro atoms. The number of rotatable bonds is 5. The maximum atomic E-state index is 13.0. The molecule has 1 aromatic heterocycles. The first-order chi connectivity index (χ1) is 14.7. The molecule has 2 aliphatic heterocycles. The summed E-state index contributed by atoms with van der Waals surface area (Å²) in [6.45, 7) is 4.37. The summed E-state index contributed by atoms with van der Waals surface area (Å²) in [5, 5.41) is 7.35. The summed E-state index contributed by atoms with van der Waals surface area (Å²) in [7, 11) is 0. The van der Waals surface area contributed by atoms with Gasteiger partial charge < -0.3 is 15.0 Å². The zero-order valence-corrected chi connectivity index (χ0v) is 17.0. The predicted octanol–water partition coefficient (Wildman–Crippen LogP) is 2.17. The maximum Gasteiger partial charge on any atom is 0.416 e. The lowest BCUT2D eigenvalue weighted by molar-refractivity contribution is -0.152. The summed E-state index contributed by atoms with van der Waals surface area (Å²) in [5.74, 6) is -0.867. The Hall–Kier alpha value is -2.88. The van der Waals surface area contributed by atoms with E-state index in [0.717, 1.165) is 12.1 Å². The predicted molar refractivity (Wildman–Crippen MR) is 104 cm³/mol. The molecule has 2 saturated heterocycles. The van der Waals surface area contributed by atoms with Crippen molar-refractivity contribution in [3.8, 4) is 0 Å². The minimum absolute atomic E-state index is 0.225. The quantitative estimate of drug-likeness (QED) is 0.728. The molecule has 2 fully saturated rings. The SMILES string of the molecule is CCOC(=O)C1CN(C(=O)c2cnn(Cc3ccc(C(F)(F)F)cc3)c2)CC12CNC2. The average Bonchev–Trinajstić information content (AvgIpc) is 3.32. The fourth-order valence-corrected chi connectivity index (χ4v) is 4.22. The van der Waals surface area contributed by atoms with Gasteiger partial charge in [-0.2, -0.15) is 18.3 Å². The van der Waals surface area contributed by atoms with Gasteiger partial charge in [-0.1, -0.05) is 12.1 Å². The molecular formula is C21H23F3N4O3. The van der Waals surface area contributed by atoms with E-state index in [1.165, 1.54) is 23.0 Å². The van der Waals surface area contributed by atoms with Crippen LogP contribution in [0.3, 0.4) is 0 Å². The Morgan fingerprint density at radius 3 is 2.55 bits per heavy atom. The lowest BCUT2D eigenvalue weighted by Crippen LogP contribution is -2.59. The van der Waals surface area contributed by atoms with Gasteiger partial charge in [0.25, 0.3) is 5.91 Å². The molecule has 2 aromatic rings. The monoisotopic (exact) mass is 436 g/mol. The molecule has 1 aromatic carbocycles. The standard InChI is InChI=1S/C21H23F3N4O3/c1-2-31-19(30)17-10-27(13-20(17)11-25-12-20)18(29)15-7-26-28(9-15)8-14-3-5-16(6-4-14)21(22,23)24/h3-7,9,17,25H,2,8,10-13H2,1H3. The van der Waals surface area contributed by atoms with Gasteiger partial charge in [0.05, 0.1) is 36.4 Å². The summed E-state index contributed by atoms with van der Waals surface area (Å²) in [5.41, 5.74) is 0.00665. The van der Waals surface area contributed by atoms with Crippen LogP contribution in [0.25, 0.3) is 0 Å². The van der Waals surface area contributed by atoms with Crippen LogP contribution < -0.4 is 5.32 Å². The van der Waals surface area contributed by atoms with E-state index < -0.39 is 11.7 Å². The van der Waals surface area contributed by atoms with Gasteiger partial charge in [-0.15, -0.1) is 0 Å². The molecule has 4 rings (SSSR count). The molecule has 3 heterocycles. The molecule has 10 heteroatoms. The number of ether oxygens (including phenoxy) is 1. The minimum atomic E-state index is -4.38. The summed E-state index contributed by atoms with van der Waals surface area (Å²) >= 11 is 0. The number of likely N-dealkylation sites (tertiary alicyclic amines) is 1. The van der Waals surface area contributed by atoms with Gasteiger partial charge in [-0.25, -0.2) is 0 Å². The van der Waals surface area contributed by atoms with Crippen molar-refractivity contribution >= 4 is 11.9 Å². The van der Waals surface area contributed by atoms with Gasteiger partial charge in [-0.05, 0) is 24.6 Å². The van der Waals surface area contributed by atoms with E-state index in [4.69, 9.17) is 4.74 Å². The Kier molecular flexibility index (Phi) is 5.50. The number of aromatic nitrogens is 2. The lowest BCUT2D eigenvalue weighted by atomic mass is 9.73. The molecule has 2 aliphatic rings. The van der Waals surface area contributed by atoms with Crippen molar-refractivity contribution in [3.05, 3.63) is 53.3 Å². The Morgan fingerprint density at radius 2 is 1.97 bits per heavy atom. The van der Waals surface area contributed by atoms with E-state index in [2.05, 4.69) is 10.4 Å². The van der Waals surface area contributed by atoms with Crippen LogP contribution >= 0.6 is 0 Å². The van der Waals surface area contributed by atoms with Crippen molar-refractivity contribution in [2.45, 2.75) is 19.6 Å². The molecule has 0 aliphatic carbocycles. The second-order valence-corrected chi connectivity index (χ2v) is 8.08. The maximum absolute atomic E-state index is 13.0. The number of hydrogen-bond donors (Lipinski definition) is 1. The zero-order chi connectivity index (χ0) is 22.2. The van der Waals surface area contributed by atoms with Gasteiger partial charge in [0.1, 0.15) is 0 Å². The van der Waals surface area contributed by atoms with Gasteiger partial charge >= 0.3 is 12.1 Å². The summed E-state index contributed by atoms with van der Waals surface area (Å²) < 4.78 is 44.8. The summed E-state index contributed by atoms with van der Waals surface area (Å²) in [4.78, 5) is 27.0. The third-order valence-corrected chi connectivity index (χ3v) is 5.97. The Balaban J connectivity index is 1.43. The minimum Gasteiger partial charge on any atom is -0.466 e. The lowest BCUT2D eigenvalue weighted by Gasteiger charge is -2.42. The van der Waals surface area contributed by atoms with Crippen LogP contribution in [-0.4, -0.2) is 59.3 Å². The molecule has 1 amide bonds. The number of nitrogens with one attached hydrogen (secondary N) is 1. The Labute approximate surface area is 177 Å². The topological polar surface area (TPSA) is 76.5 Å². The summed E-state index contributed by atoms with van der Waals surface area (Å²) in [6.07, 6.45) is -1.37. The highest BCUT2D eigenvalue weighted by molar-refractivity contribution is 5.94. The highest BCUT2D eigenvalue weighted by Gasteiger charge is 2.55. The number of halogens is 3. The molecule has 0 saturated carbocycles. The highest BCUT2D eigenvalue weighted by Crippen LogP contribution is 2.40. The number of carbonyl (C=O) groups is 2. The van der Waals surface area contributed by atoms with E-state index >= 15 is 0 Å². The van der Waals surface area contributed by atoms with Crippen molar-refractivity contribution in [1.82, 2.24) is 20.0 Å². The number of amides is 1. The molecule has 166 valence electrons. The first-order valence-corrected chi connectivity index (χ1v) is 10.1. The smallest absolute Gasteiger partial charge is 0.416 e. The van der Waals surface area contributed by atoms with Crippen LogP contribution in [0.5, 0.6) is 0 Å². The number of hydrogen-bond acceptors (Lipinski definition) is 5. The molecule has 0 radical (unpaired) electrons. The van der Waals surface area contributed by atoms with Crippen molar-refractivity contribution in [2.75, 3.05) is 32.8 Å². The van der Waals surface area contributed by atoms with E-state index in [0.29, 0.717) is 43.9 Å². The molecule has 0 bridgehead atoms. The normalized spacial score (nSPS) is 20.0. The van der Waals surface area contributed by atoms with Crippen molar-refractivity contribution in [3.63, 3.8) is 0 Å². The molecule has 31 heavy (non-hydrogen) atoms.